The number of para-hydroxylation sites is 2. The largest absolute Gasteiger partial charge is 0.493 e. The normalized spacial score (nSPS) is 12.1. The van der Waals surface area contributed by atoms with Crippen molar-refractivity contribution in [1.29, 1.82) is 0 Å². The molecule has 0 spiro atoms. The summed E-state index contributed by atoms with van der Waals surface area (Å²) in [4.78, 5) is 17.7. The van der Waals surface area contributed by atoms with E-state index in [0.29, 0.717) is 13.0 Å². The van der Waals surface area contributed by atoms with Crippen molar-refractivity contribution < 1.29 is 9.53 Å². The quantitative estimate of drug-likeness (QED) is 0.250. The summed E-state index contributed by atoms with van der Waals surface area (Å²) in [5.41, 5.74) is 4.17. The van der Waals surface area contributed by atoms with Gasteiger partial charge in [-0.25, -0.2) is 4.98 Å². The van der Waals surface area contributed by atoms with Crippen molar-refractivity contribution in [2.45, 2.75) is 39.3 Å². The van der Waals surface area contributed by atoms with Gasteiger partial charge in [0.1, 0.15) is 11.6 Å². The minimum absolute atomic E-state index is 0.00491. The number of imidazole rings is 1. The maximum atomic E-state index is 12.8. The molecule has 5 rings (SSSR count). The number of hydrogen-bond acceptors (Lipinski definition) is 3. The third kappa shape index (κ3) is 5.10. The highest BCUT2D eigenvalue weighted by Gasteiger charge is 2.19. The molecule has 5 heteroatoms. The number of ether oxygens (including phenoxy) is 1. The number of aromatic nitrogens is 2. The van der Waals surface area contributed by atoms with Crippen LogP contribution < -0.4 is 10.1 Å². The second-order valence-electron chi connectivity index (χ2n) is 9.18. The van der Waals surface area contributed by atoms with Crippen LogP contribution in [0.25, 0.3) is 21.8 Å². The highest BCUT2D eigenvalue weighted by atomic mass is 16.5. The predicted octanol–water partition coefficient (Wildman–Crippen LogP) is 6.39. The molecule has 182 valence electrons. The van der Waals surface area contributed by atoms with E-state index in [1.807, 2.05) is 80.6 Å². The summed E-state index contributed by atoms with van der Waals surface area (Å²) in [6.45, 7) is 5.37. The maximum absolute atomic E-state index is 12.8. The first-order valence-electron chi connectivity index (χ1n) is 12.5. The number of rotatable bonds is 9. The zero-order chi connectivity index (χ0) is 24.9. The number of aryl methyl sites for hydroxylation is 2. The molecule has 1 amide bonds. The summed E-state index contributed by atoms with van der Waals surface area (Å²) >= 11 is 0. The lowest BCUT2D eigenvalue weighted by molar-refractivity contribution is -0.121. The molecule has 0 radical (unpaired) electrons. The zero-order valence-corrected chi connectivity index (χ0v) is 20.8. The number of nitrogens with zero attached hydrogens (tertiary/aromatic N) is 2. The molecule has 0 aliphatic rings. The smallest absolute Gasteiger partial charge is 0.225 e. The molecule has 1 N–H and O–H groups in total. The van der Waals surface area contributed by atoms with Gasteiger partial charge in [0.2, 0.25) is 5.91 Å². The third-order valence-electron chi connectivity index (χ3n) is 6.59. The average molecular weight is 478 g/mol. The Labute approximate surface area is 211 Å². The van der Waals surface area contributed by atoms with Gasteiger partial charge in [-0.1, -0.05) is 72.8 Å². The van der Waals surface area contributed by atoms with E-state index >= 15 is 0 Å². The zero-order valence-electron chi connectivity index (χ0n) is 20.8. The summed E-state index contributed by atoms with van der Waals surface area (Å²) in [6, 6.07) is 30.3. The monoisotopic (exact) mass is 477 g/mol. The Balaban J connectivity index is 1.28. The SMILES string of the molecule is Cc1ccccc1CC(=O)NC(C)c1nc2ccccc2n1CCCOc1cccc2ccccc12. The van der Waals surface area contributed by atoms with Crippen LogP contribution in [0.4, 0.5) is 0 Å². The first-order valence-corrected chi connectivity index (χ1v) is 12.5. The van der Waals surface area contributed by atoms with E-state index in [1.54, 1.807) is 0 Å². The fourth-order valence-electron chi connectivity index (χ4n) is 4.72. The van der Waals surface area contributed by atoms with E-state index in [4.69, 9.17) is 9.72 Å². The second-order valence-corrected chi connectivity index (χ2v) is 9.18. The summed E-state index contributed by atoms with van der Waals surface area (Å²) in [5, 5.41) is 5.45. The molecular weight excluding hydrogens is 446 g/mol. The molecule has 1 heterocycles. The lowest BCUT2D eigenvalue weighted by Crippen LogP contribution is -2.30. The summed E-state index contributed by atoms with van der Waals surface area (Å²) < 4.78 is 8.38. The van der Waals surface area contributed by atoms with Crippen LogP contribution in [0, 0.1) is 6.92 Å². The Hall–Kier alpha value is -4.12. The van der Waals surface area contributed by atoms with E-state index in [-0.39, 0.29) is 11.9 Å². The minimum Gasteiger partial charge on any atom is -0.493 e. The number of amides is 1. The maximum Gasteiger partial charge on any atom is 0.225 e. The number of carbonyl (C=O) groups is 1. The lowest BCUT2D eigenvalue weighted by Gasteiger charge is -2.17. The summed E-state index contributed by atoms with van der Waals surface area (Å²) in [7, 11) is 0. The molecule has 1 unspecified atom stereocenters. The van der Waals surface area contributed by atoms with Gasteiger partial charge in [-0.3, -0.25) is 4.79 Å². The Morgan fingerprint density at radius 3 is 2.58 bits per heavy atom. The second kappa shape index (κ2) is 10.6. The summed E-state index contributed by atoms with van der Waals surface area (Å²) in [6.07, 6.45) is 1.18. The lowest BCUT2D eigenvalue weighted by atomic mass is 10.1. The fraction of sp³-hybridized carbons (Fsp3) is 0.226. The fourth-order valence-corrected chi connectivity index (χ4v) is 4.72. The standard InChI is InChI=1S/C31H31N3O2/c1-22-11-3-4-13-25(22)21-30(35)32-23(2)31-33-27-16-7-8-17-28(27)34(31)19-10-20-36-29-18-9-14-24-12-5-6-15-26(24)29/h3-9,11-18,23H,10,19-21H2,1-2H3,(H,32,35). The molecule has 1 aromatic heterocycles. The van der Waals surface area contributed by atoms with Gasteiger partial charge in [-0.2, -0.15) is 0 Å². The number of nitrogens with one attached hydrogen (secondary N) is 1. The molecule has 0 aliphatic heterocycles. The van der Waals surface area contributed by atoms with Gasteiger partial charge in [0, 0.05) is 11.9 Å². The van der Waals surface area contributed by atoms with Crippen LogP contribution in [0.2, 0.25) is 0 Å². The van der Waals surface area contributed by atoms with Gasteiger partial charge < -0.3 is 14.6 Å². The molecule has 0 saturated heterocycles. The van der Waals surface area contributed by atoms with Crippen LogP contribution in [0.5, 0.6) is 5.75 Å². The Morgan fingerprint density at radius 2 is 1.69 bits per heavy atom. The molecule has 0 aliphatic carbocycles. The Bertz CT molecular complexity index is 1500. The molecule has 5 aromatic rings. The highest BCUT2D eigenvalue weighted by Crippen LogP contribution is 2.26. The first-order chi connectivity index (χ1) is 17.6. The van der Waals surface area contributed by atoms with E-state index in [2.05, 4.69) is 34.1 Å². The topological polar surface area (TPSA) is 56.2 Å². The van der Waals surface area contributed by atoms with Crippen LogP contribution in [0.3, 0.4) is 0 Å². The highest BCUT2D eigenvalue weighted by molar-refractivity contribution is 5.88. The van der Waals surface area contributed by atoms with Gasteiger partial charge in [0.05, 0.1) is 30.1 Å². The van der Waals surface area contributed by atoms with Crippen molar-refractivity contribution in [2.75, 3.05) is 6.61 Å². The van der Waals surface area contributed by atoms with Crippen molar-refractivity contribution >= 4 is 27.7 Å². The molecule has 5 nitrogen and oxygen atoms in total. The molecular formula is C31H31N3O2. The van der Waals surface area contributed by atoms with Crippen LogP contribution in [0.1, 0.15) is 36.3 Å². The average Bonchev–Trinajstić information content (AvgIpc) is 3.27. The van der Waals surface area contributed by atoms with Crippen molar-refractivity contribution in [2.24, 2.45) is 0 Å². The van der Waals surface area contributed by atoms with Crippen LogP contribution >= 0.6 is 0 Å². The Morgan fingerprint density at radius 1 is 0.944 bits per heavy atom. The van der Waals surface area contributed by atoms with E-state index in [9.17, 15) is 4.79 Å². The van der Waals surface area contributed by atoms with Crippen LogP contribution in [-0.2, 0) is 17.8 Å². The third-order valence-corrected chi connectivity index (χ3v) is 6.59. The van der Waals surface area contributed by atoms with Crippen molar-refractivity contribution in [1.82, 2.24) is 14.9 Å². The van der Waals surface area contributed by atoms with Crippen LogP contribution in [0.15, 0.2) is 91.0 Å². The van der Waals surface area contributed by atoms with E-state index < -0.39 is 0 Å². The number of carbonyl (C=O) groups excluding carboxylic acids is 1. The molecule has 0 saturated carbocycles. The predicted molar refractivity (Wildman–Crippen MR) is 145 cm³/mol. The van der Waals surface area contributed by atoms with Crippen molar-refractivity contribution in [3.05, 3.63) is 108 Å². The number of hydrogen-bond donors (Lipinski definition) is 1. The van der Waals surface area contributed by atoms with Crippen molar-refractivity contribution in [3.63, 3.8) is 0 Å². The van der Waals surface area contributed by atoms with Gasteiger partial charge in [0.15, 0.2) is 0 Å². The van der Waals surface area contributed by atoms with Crippen molar-refractivity contribution in [3.8, 4) is 5.75 Å². The molecule has 0 bridgehead atoms. The molecule has 36 heavy (non-hydrogen) atoms. The first kappa shape index (κ1) is 23.6. The van der Waals surface area contributed by atoms with Gasteiger partial charge >= 0.3 is 0 Å². The molecule has 4 aromatic carbocycles. The van der Waals surface area contributed by atoms with Crippen LogP contribution in [-0.4, -0.2) is 22.1 Å². The van der Waals surface area contributed by atoms with E-state index in [1.165, 1.54) is 5.39 Å². The van der Waals surface area contributed by atoms with E-state index in [0.717, 1.165) is 52.1 Å². The molecule has 1 atom stereocenters. The number of fused-ring (bicyclic) bond motifs is 2. The van der Waals surface area contributed by atoms with Gasteiger partial charge in [-0.15, -0.1) is 0 Å². The number of benzene rings is 4. The minimum atomic E-state index is -0.215. The Kier molecular flexibility index (Phi) is 6.99. The summed E-state index contributed by atoms with van der Waals surface area (Å²) in [5.74, 6) is 1.76. The molecule has 0 fully saturated rings. The van der Waals surface area contributed by atoms with Gasteiger partial charge in [-0.05, 0) is 55.0 Å². The van der Waals surface area contributed by atoms with Gasteiger partial charge in [0.25, 0.3) is 0 Å².